The van der Waals surface area contributed by atoms with E-state index in [-0.39, 0.29) is 0 Å². The molecule has 0 heterocycles. The van der Waals surface area contributed by atoms with E-state index < -0.39 is 0 Å². The Balaban J connectivity index is 2.19. The fourth-order valence-electron chi connectivity index (χ4n) is 1.73. The third-order valence-corrected chi connectivity index (χ3v) is 3.61. The van der Waals surface area contributed by atoms with E-state index in [2.05, 4.69) is 52.4 Å². The van der Waals surface area contributed by atoms with E-state index in [9.17, 15) is 0 Å². The number of methoxy groups -OCH3 is 1. The molecular weight excluding hydrogens is 278 g/mol. The number of rotatable bonds is 8. The van der Waals surface area contributed by atoms with Crippen LogP contribution in [0.3, 0.4) is 0 Å². The van der Waals surface area contributed by atoms with Crippen LogP contribution in [0.25, 0.3) is 0 Å². The van der Waals surface area contributed by atoms with Crippen LogP contribution < -0.4 is 5.32 Å². The van der Waals surface area contributed by atoms with Crippen molar-refractivity contribution in [3.8, 4) is 0 Å². The summed E-state index contributed by atoms with van der Waals surface area (Å²) in [6, 6.07) is 8.46. The number of hydrogen-bond donors (Lipinski definition) is 1. The summed E-state index contributed by atoms with van der Waals surface area (Å²) in [4.78, 5) is 0. The molecule has 0 aliphatic carbocycles. The van der Waals surface area contributed by atoms with Crippen molar-refractivity contribution in [2.24, 2.45) is 5.92 Å². The zero-order chi connectivity index (χ0) is 12.5. The molecule has 17 heavy (non-hydrogen) atoms. The van der Waals surface area contributed by atoms with Crippen LogP contribution in [0.15, 0.2) is 28.7 Å². The molecule has 0 saturated heterocycles. The van der Waals surface area contributed by atoms with Gasteiger partial charge in [0.25, 0.3) is 0 Å². The van der Waals surface area contributed by atoms with E-state index in [0.29, 0.717) is 5.92 Å². The van der Waals surface area contributed by atoms with Crippen molar-refractivity contribution in [1.29, 1.82) is 0 Å². The number of ether oxygens (including phenoxy) is 1. The lowest BCUT2D eigenvalue weighted by molar-refractivity contribution is 0.198. The number of halogens is 1. The zero-order valence-corrected chi connectivity index (χ0v) is 12.3. The van der Waals surface area contributed by atoms with E-state index in [1.54, 1.807) is 7.11 Å². The Morgan fingerprint density at radius 3 is 2.82 bits per heavy atom. The van der Waals surface area contributed by atoms with E-state index in [0.717, 1.165) is 26.1 Å². The molecule has 1 rings (SSSR count). The lowest BCUT2D eigenvalue weighted by Gasteiger charge is -2.13. The molecule has 1 aromatic carbocycles. The molecule has 0 fully saturated rings. The van der Waals surface area contributed by atoms with Gasteiger partial charge in [-0.3, -0.25) is 0 Å². The van der Waals surface area contributed by atoms with Gasteiger partial charge in [0.2, 0.25) is 0 Å². The molecule has 0 bridgehead atoms. The van der Waals surface area contributed by atoms with Gasteiger partial charge in [0, 0.05) is 18.1 Å². The van der Waals surface area contributed by atoms with Gasteiger partial charge in [-0.25, -0.2) is 0 Å². The van der Waals surface area contributed by atoms with Crippen molar-refractivity contribution in [3.05, 3.63) is 34.3 Å². The summed E-state index contributed by atoms with van der Waals surface area (Å²) in [5, 5.41) is 3.40. The van der Waals surface area contributed by atoms with Gasteiger partial charge in [0.15, 0.2) is 0 Å². The average molecular weight is 300 g/mol. The van der Waals surface area contributed by atoms with E-state index >= 15 is 0 Å². The highest BCUT2D eigenvalue weighted by atomic mass is 79.9. The Bertz CT molecular complexity index is 317. The molecule has 0 aromatic heterocycles. The first kappa shape index (κ1) is 14.7. The minimum atomic E-state index is 0.693. The first-order valence-corrected chi connectivity index (χ1v) is 6.96. The fraction of sp³-hybridized carbons (Fsp3) is 0.571. The topological polar surface area (TPSA) is 21.3 Å². The third-order valence-electron chi connectivity index (χ3n) is 2.84. The van der Waals surface area contributed by atoms with Crippen LogP contribution in [0.1, 0.15) is 18.9 Å². The third kappa shape index (κ3) is 6.20. The van der Waals surface area contributed by atoms with Gasteiger partial charge in [-0.1, -0.05) is 41.1 Å². The molecule has 1 aromatic rings. The van der Waals surface area contributed by atoms with Crippen molar-refractivity contribution >= 4 is 15.9 Å². The quantitative estimate of drug-likeness (QED) is 0.744. The highest BCUT2D eigenvalue weighted by Crippen LogP contribution is 2.18. The minimum absolute atomic E-state index is 0.693. The van der Waals surface area contributed by atoms with E-state index in [1.165, 1.54) is 16.5 Å². The monoisotopic (exact) mass is 299 g/mol. The Kier molecular flexibility index (Phi) is 7.49. The lowest BCUT2D eigenvalue weighted by atomic mass is 10.0. The molecule has 1 N–H and O–H groups in total. The Hall–Kier alpha value is -0.380. The highest BCUT2D eigenvalue weighted by Gasteiger charge is 2.04. The summed E-state index contributed by atoms with van der Waals surface area (Å²) >= 11 is 3.59. The summed E-state index contributed by atoms with van der Waals surface area (Å²) in [5.74, 6) is 0.693. The Morgan fingerprint density at radius 1 is 1.35 bits per heavy atom. The van der Waals surface area contributed by atoms with E-state index in [1.807, 2.05) is 0 Å². The summed E-state index contributed by atoms with van der Waals surface area (Å²) in [5.41, 5.74) is 1.40. The molecule has 0 amide bonds. The standard InChI is InChI=1S/C14H22BrNO/c1-12(11-16-9-10-17-2)7-8-13-5-3-4-6-14(13)15/h3-6,12,16H,7-11H2,1-2H3. The van der Waals surface area contributed by atoms with Crippen molar-refractivity contribution in [3.63, 3.8) is 0 Å². The van der Waals surface area contributed by atoms with Gasteiger partial charge < -0.3 is 10.1 Å². The summed E-state index contributed by atoms with van der Waals surface area (Å²) < 4.78 is 6.22. The Labute approximate surface area is 113 Å². The van der Waals surface area contributed by atoms with Crippen LogP contribution in [0.5, 0.6) is 0 Å². The van der Waals surface area contributed by atoms with Gasteiger partial charge >= 0.3 is 0 Å². The van der Waals surface area contributed by atoms with Gasteiger partial charge in [0.1, 0.15) is 0 Å². The molecule has 0 radical (unpaired) electrons. The normalized spacial score (nSPS) is 12.6. The lowest BCUT2D eigenvalue weighted by Crippen LogP contribution is -2.25. The fourth-order valence-corrected chi connectivity index (χ4v) is 2.21. The predicted molar refractivity (Wildman–Crippen MR) is 76.4 cm³/mol. The minimum Gasteiger partial charge on any atom is -0.383 e. The molecule has 0 saturated carbocycles. The summed E-state index contributed by atoms with van der Waals surface area (Å²) in [6.07, 6.45) is 2.34. The number of nitrogens with one attached hydrogen (secondary N) is 1. The summed E-state index contributed by atoms with van der Waals surface area (Å²) in [7, 11) is 1.73. The molecule has 3 heteroatoms. The maximum absolute atomic E-state index is 5.00. The van der Waals surface area contributed by atoms with Crippen LogP contribution in [0.4, 0.5) is 0 Å². The second-order valence-electron chi connectivity index (χ2n) is 4.43. The first-order chi connectivity index (χ1) is 8.24. The second-order valence-corrected chi connectivity index (χ2v) is 5.29. The van der Waals surface area contributed by atoms with Crippen molar-refractivity contribution in [2.45, 2.75) is 19.8 Å². The maximum atomic E-state index is 5.00. The molecular formula is C14H22BrNO. The van der Waals surface area contributed by atoms with Gasteiger partial charge in [0.05, 0.1) is 6.61 Å². The molecule has 0 aliphatic rings. The predicted octanol–water partition coefficient (Wildman–Crippen LogP) is 3.25. The first-order valence-electron chi connectivity index (χ1n) is 6.17. The Morgan fingerprint density at radius 2 is 2.12 bits per heavy atom. The SMILES string of the molecule is COCCNCC(C)CCc1ccccc1Br. The average Bonchev–Trinajstić information content (AvgIpc) is 2.34. The van der Waals surface area contributed by atoms with Crippen LogP contribution in [0.2, 0.25) is 0 Å². The molecule has 0 aliphatic heterocycles. The molecule has 96 valence electrons. The molecule has 0 spiro atoms. The van der Waals surface area contributed by atoms with Gasteiger partial charge in [-0.2, -0.15) is 0 Å². The number of aryl methyl sites for hydroxylation is 1. The van der Waals surface area contributed by atoms with Gasteiger partial charge in [-0.15, -0.1) is 0 Å². The molecule has 1 unspecified atom stereocenters. The highest BCUT2D eigenvalue weighted by molar-refractivity contribution is 9.10. The summed E-state index contributed by atoms with van der Waals surface area (Å²) in [6.45, 7) is 5.08. The number of benzene rings is 1. The van der Waals surface area contributed by atoms with Gasteiger partial charge in [-0.05, 0) is 36.9 Å². The molecule has 1 atom stereocenters. The number of hydrogen-bond acceptors (Lipinski definition) is 2. The van der Waals surface area contributed by atoms with E-state index in [4.69, 9.17) is 4.74 Å². The van der Waals surface area contributed by atoms with Crippen LogP contribution in [-0.2, 0) is 11.2 Å². The van der Waals surface area contributed by atoms with Crippen LogP contribution >= 0.6 is 15.9 Å². The largest absolute Gasteiger partial charge is 0.383 e. The molecule has 2 nitrogen and oxygen atoms in total. The smallest absolute Gasteiger partial charge is 0.0587 e. The van der Waals surface area contributed by atoms with Crippen LogP contribution in [0, 0.1) is 5.92 Å². The van der Waals surface area contributed by atoms with Crippen molar-refractivity contribution < 1.29 is 4.74 Å². The zero-order valence-electron chi connectivity index (χ0n) is 10.7. The van der Waals surface area contributed by atoms with Crippen molar-refractivity contribution in [1.82, 2.24) is 5.32 Å². The maximum Gasteiger partial charge on any atom is 0.0587 e. The van der Waals surface area contributed by atoms with Crippen molar-refractivity contribution in [2.75, 3.05) is 26.8 Å². The second kappa shape index (κ2) is 8.67. The van der Waals surface area contributed by atoms with Crippen LogP contribution in [-0.4, -0.2) is 26.8 Å².